The van der Waals surface area contributed by atoms with Gasteiger partial charge < -0.3 is 9.57 Å². The maximum atomic E-state index is 13.0. The maximum Gasteiger partial charge on any atom is 0.343 e. The molecule has 1 aliphatic rings. The Labute approximate surface area is 177 Å². The largest absolute Gasteiger partial charge is 0.427 e. The Morgan fingerprint density at radius 1 is 1.00 bits per heavy atom. The summed E-state index contributed by atoms with van der Waals surface area (Å²) in [6.07, 6.45) is 1.33. The van der Waals surface area contributed by atoms with Crippen molar-refractivity contribution in [1.82, 2.24) is 0 Å². The van der Waals surface area contributed by atoms with Crippen molar-refractivity contribution in [2.24, 2.45) is 10.6 Å². The van der Waals surface area contributed by atoms with Gasteiger partial charge in [-0.2, -0.15) is 0 Å². The number of allylic oxidation sites excluding steroid dienone is 2. The van der Waals surface area contributed by atoms with E-state index in [1.54, 1.807) is 24.3 Å². The molecule has 0 bridgehead atoms. The molecule has 0 radical (unpaired) electrons. The highest BCUT2D eigenvalue weighted by Gasteiger charge is 2.37. The SMILES string of the molecule is CCC(=NOCc1ccccc1)C1=C(OC(=O)c2ccccc2)CC(C)(C)CC1=O. The molecule has 5 nitrogen and oxygen atoms in total. The second-order valence-corrected chi connectivity index (χ2v) is 8.15. The van der Waals surface area contributed by atoms with Gasteiger partial charge in [-0.3, -0.25) is 4.79 Å². The van der Waals surface area contributed by atoms with Crippen LogP contribution in [0.2, 0.25) is 0 Å². The number of benzene rings is 2. The lowest BCUT2D eigenvalue weighted by atomic mass is 9.75. The van der Waals surface area contributed by atoms with Crippen molar-refractivity contribution in [2.75, 3.05) is 0 Å². The maximum absolute atomic E-state index is 13.0. The molecule has 0 unspecified atom stereocenters. The number of rotatable bonds is 7. The van der Waals surface area contributed by atoms with Crippen molar-refractivity contribution in [3.8, 4) is 0 Å². The van der Waals surface area contributed by atoms with Crippen LogP contribution >= 0.6 is 0 Å². The molecule has 0 atom stereocenters. The number of esters is 1. The van der Waals surface area contributed by atoms with Crippen molar-refractivity contribution in [3.63, 3.8) is 0 Å². The molecule has 0 heterocycles. The van der Waals surface area contributed by atoms with Crippen LogP contribution in [0.3, 0.4) is 0 Å². The first-order valence-electron chi connectivity index (χ1n) is 10.2. The molecule has 5 heteroatoms. The Kier molecular flexibility index (Phi) is 6.83. The van der Waals surface area contributed by atoms with E-state index in [1.807, 2.05) is 57.2 Å². The van der Waals surface area contributed by atoms with Gasteiger partial charge in [-0.25, -0.2) is 4.79 Å². The van der Waals surface area contributed by atoms with Gasteiger partial charge in [0.15, 0.2) is 5.78 Å². The molecule has 0 aliphatic heterocycles. The molecule has 0 saturated heterocycles. The van der Waals surface area contributed by atoms with Crippen molar-refractivity contribution in [1.29, 1.82) is 0 Å². The Morgan fingerprint density at radius 2 is 1.63 bits per heavy atom. The number of nitrogens with zero attached hydrogens (tertiary/aromatic N) is 1. The Bertz CT molecular complexity index is 959. The zero-order valence-corrected chi connectivity index (χ0v) is 17.7. The summed E-state index contributed by atoms with van der Waals surface area (Å²) in [6.45, 7) is 6.19. The molecule has 0 amide bonds. The van der Waals surface area contributed by atoms with Gasteiger partial charge in [0, 0.05) is 12.8 Å². The van der Waals surface area contributed by atoms with E-state index >= 15 is 0 Å². The lowest BCUT2D eigenvalue weighted by molar-refractivity contribution is -0.118. The van der Waals surface area contributed by atoms with Crippen molar-refractivity contribution in [3.05, 3.63) is 83.1 Å². The average Bonchev–Trinajstić information content (AvgIpc) is 2.72. The molecular formula is C25H27NO4. The van der Waals surface area contributed by atoms with Crippen molar-refractivity contribution >= 4 is 17.5 Å². The molecular weight excluding hydrogens is 378 g/mol. The predicted octanol–water partition coefficient (Wildman–Crippen LogP) is 5.47. The number of hydrogen-bond donors (Lipinski definition) is 0. The standard InChI is InChI=1S/C25H27NO4/c1-4-20(26-29-17-18-11-7-5-8-12-18)23-21(27)15-25(2,3)16-22(23)30-24(28)19-13-9-6-10-14-19/h5-14H,4,15-17H2,1-3H3. The topological polar surface area (TPSA) is 65.0 Å². The second kappa shape index (κ2) is 9.53. The second-order valence-electron chi connectivity index (χ2n) is 8.15. The minimum atomic E-state index is -0.478. The van der Waals surface area contributed by atoms with E-state index in [4.69, 9.17) is 9.57 Å². The number of carbonyl (C=O) groups is 2. The summed E-state index contributed by atoms with van der Waals surface area (Å²) in [7, 11) is 0. The lowest BCUT2D eigenvalue weighted by Crippen LogP contribution is -2.31. The number of ketones is 1. The van der Waals surface area contributed by atoms with Crippen LogP contribution in [0.5, 0.6) is 0 Å². The van der Waals surface area contributed by atoms with E-state index in [0.29, 0.717) is 48.5 Å². The lowest BCUT2D eigenvalue weighted by Gasteiger charge is -2.31. The van der Waals surface area contributed by atoms with Gasteiger partial charge in [-0.15, -0.1) is 0 Å². The Morgan fingerprint density at radius 3 is 2.27 bits per heavy atom. The summed E-state index contributed by atoms with van der Waals surface area (Å²) >= 11 is 0. The molecule has 0 N–H and O–H groups in total. The summed E-state index contributed by atoms with van der Waals surface area (Å²) in [6, 6.07) is 18.5. The highest BCUT2D eigenvalue weighted by Crippen LogP contribution is 2.38. The molecule has 30 heavy (non-hydrogen) atoms. The van der Waals surface area contributed by atoms with Crippen molar-refractivity contribution < 1.29 is 19.2 Å². The van der Waals surface area contributed by atoms with Crippen LogP contribution in [0, 0.1) is 5.41 Å². The van der Waals surface area contributed by atoms with E-state index in [2.05, 4.69) is 5.16 Å². The fourth-order valence-electron chi connectivity index (χ4n) is 3.46. The van der Waals surface area contributed by atoms with Gasteiger partial charge in [-0.1, -0.05) is 74.5 Å². The fraction of sp³-hybridized carbons (Fsp3) is 0.320. The normalized spacial score (nSPS) is 16.4. The first kappa shape index (κ1) is 21.5. The minimum Gasteiger partial charge on any atom is -0.427 e. The summed E-state index contributed by atoms with van der Waals surface area (Å²) in [4.78, 5) is 31.2. The fourth-order valence-corrected chi connectivity index (χ4v) is 3.46. The number of ether oxygens (including phenoxy) is 1. The molecule has 1 aliphatic carbocycles. The number of hydrogen-bond acceptors (Lipinski definition) is 5. The van der Waals surface area contributed by atoms with E-state index in [1.165, 1.54) is 0 Å². The van der Waals surface area contributed by atoms with E-state index < -0.39 is 5.97 Å². The third-order valence-corrected chi connectivity index (χ3v) is 4.93. The van der Waals surface area contributed by atoms with Crippen LogP contribution < -0.4 is 0 Å². The van der Waals surface area contributed by atoms with Crippen LogP contribution in [-0.4, -0.2) is 17.5 Å². The van der Waals surface area contributed by atoms with E-state index in [-0.39, 0.29) is 11.2 Å². The van der Waals surface area contributed by atoms with Crippen LogP contribution in [0.15, 0.2) is 77.2 Å². The van der Waals surface area contributed by atoms with Crippen LogP contribution in [0.1, 0.15) is 56.0 Å². The van der Waals surface area contributed by atoms with Gasteiger partial charge in [0.05, 0.1) is 16.8 Å². The molecule has 2 aromatic carbocycles. The third kappa shape index (κ3) is 5.44. The minimum absolute atomic E-state index is 0.0778. The third-order valence-electron chi connectivity index (χ3n) is 4.93. The van der Waals surface area contributed by atoms with Crippen LogP contribution in [-0.2, 0) is 21.0 Å². The molecule has 2 aromatic rings. The smallest absolute Gasteiger partial charge is 0.343 e. The molecule has 0 spiro atoms. The first-order valence-corrected chi connectivity index (χ1v) is 10.2. The summed E-state index contributed by atoms with van der Waals surface area (Å²) in [5.41, 5.74) is 2.00. The predicted molar refractivity (Wildman–Crippen MR) is 116 cm³/mol. The van der Waals surface area contributed by atoms with Gasteiger partial charge in [0.25, 0.3) is 0 Å². The molecule has 0 aromatic heterocycles. The summed E-state index contributed by atoms with van der Waals surface area (Å²) in [5, 5.41) is 4.24. The quantitative estimate of drug-likeness (QED) is 0.348. The van der Waals surface area contributed by atoms with E-state index in [9.17, 15) is 9.59 Å². The highest BCUT2D eigenvalue weighted by molar-refractivity contribution is 6.23. The highest BCUT2D eigenvalue weighted by atomic mass is 16.6. The Balaban J connectivity index is 1.88. The zero-order valence-electron chi connectivity index (χ0n) is 17.7. The molecule has 0 saturated carbocycles. The monoisotopic (exact) mass is 405 g/mol. The Hall–Kier alpha value is -3.21. The number of Topliss-reactive ketones (excluding diaryl/α,β-unsaturated/α-hetero) is 1. The molecule has 0 fully saturated rings. The zero-order chi connectivity index (χ0) is 21.6. The van der Waals surface area contributed by atoms with E-state index in [0.717, 1.165) is 5.56 Å². The van der Waals surface area contributed by atoms with Gasteiger partial charge in [0.1, 0.15) is 12.4 Å². The summed E-state index contributed by atoms with van der Waals surface area (Å²) < 4.78 is 5.73. The van der Waals surface area contributed by atoms with Gasteiger partial charge in [0.2, 0.25) is 0 Å². The van der Waals surface area contributed by atoms with Gasteiger partial charge >= 0.3 is 5.97 Å². The molecule has 3 rings (SSSR count). The average molecular weight is 405 g/mol. The first-order chi connectivity index (χ1) is 14.4. The van der Waals surface area contributed by atoms with Gasteiger partial charge in [-0.05, 0) is 29.5 Å². The summed E-state index contributed by atoms with van der Waals surface area (Å²) in [5.74, 6) is -0.186. The van der Waals surface area contributed by atoms with Crippen LogP contribution in [0.4, 0.5) is 0 Å². The number of oxime groups is 1. The van der Waals surface area contributed by atoms with Crippen molar-refractivity contribution in [2.45, 2.75) is 46.6 Å². The number of carbonyl (C=O) groups excluding carboxylic acids is 2. The van der Waals surface area contributed by atoms with Crippen LogP contribution in [0.25, 0.3) is 0 Å². The molecule has 156 valence electrons.